The van der Waals surface area contributed by atoms with Crippen LogP contribution in [0, 0.1) is 5.41 Å². The third-order valence-corrected chi connectivity index (χ3v) is 9.25. The van der Waals surface area contributed by atoms with E-state index in [1.54, 1.807) is 0 Å². The molecule has 10 heteroatoms. The second-order valence-electron chi connectivity index (χ2n) is 12.3. The zero-order valence-electron chi connectivity index (χ0n) is 29.1. The first-order valence-corrected chi connectivity index (χ1v) is 17.9. The van der Waals surface area contributed by atoms with E-state index in [2.05, 4.69) is 50.3 Å². The molecule has 0 amide bonds. The van der Waals surface area contributed by atoms with Crippen molar-refractivity contribution in [3.63, 3.8) is 0 Å². The molecule has 0 N–H and O–H groups in total. The van der Waals surface area contributed by atoms with Gasteiger partial charge in [-0.05, 0) is 58.7 Å². The minimum Gasteiger partial charge on any atom is -0.379 e. The molecular weight excluding hydrogens is 616 g/mol. The Morgan fingerprint density at radius 1 is 0.458 bits per heavy atom. The molecule has 5 aliphatic rings. The molecule has 268 valence electrons. The molecule has 2 spiro atoms. The van der Waals surface area contributed by atoms with Crippen molar-refractivity contribution in [2.24, 2.45) is 5.41 Å². The minimum absolute atomic E-state index is 0.418. The van der Waals surface area contributed by atoms with Gasteiger partial charge in [0.2, 0.25) is 0 Å². The molecular formula is C38H56O10. The maximum absolute atomic E-state index is 6.96. The summed E-state index contributed by atoms with van der Waals surface area (Å²) in [5, 5.41) is 0. The number of fused-ring (bicyclic) bond motifs is 2. The van der Waals surface area contributed by atoms with Crippen molar-refractivity contribution in [3.8, 4) is 0 Å². The van der Waals surface area contributed by atoms with Crippen LogP contribution in [0.5, 0.6) is 0 Å². The quantitative estimate of drug-likeness (QED) is 0.445. The Morgan fingerprint density at radius 3 is 1.33 bits per heavy atom. The molecule has 6 rings (SSSR count). The average Bonchev–Trinajstić information content (AvgIpc) is 3.12. The lowest BCUT2D eigenvalue weighted by Gasteiger charge is -2.61. The number of hydrogen-bond donors (Lipinski definition) is 0. The van der Waals surface area contributed by atoms with Crippen LogP contribution in [0.3, 0.4) is 0 Å². The fraction of sp³-hybridized carbons (Fsp3) is 0.684. The predicted molar refractivity (Wildman–Crippen MR) is 182 cm³/mol. The van der Waals surface area contributed by atoms with Crippen LogP contribution in [0.2, 0.25) is 0 Å². The van der Waals surface area contributed by atoms with Crippen molar-refractivity contribution in [1.29, 1.82) is 0 Å². The molecule has 0 saturated carbocycles. The van der Waals surface area contributed by atoms with Gasteiger partial charge in [0.05, 0.1) is 118 Å². The van der Waals surface area contributed by atoms with Crippen LogP contribution >= 0.6 is 0 Å². The van der Waals surface area contributed by atoms with Crippen molar-refractivity contribution >= 4 is 0 Å². The lowest BCUT2D eigenvalue weighted by molar-refractivity contribution is -0.136. The molecule has 1 aromatic rings. The summed E-state index contributed by atoms with van der Waals surface area (Å²) in [5.74, 6) is 0. The molecule has 1 heterocycles. The van der Waals surface area contributed by atoms with E-state index in [1.807, 2.05) is 0 Å². The molecule has 1 aromatic carbocycles. The van der Waals surface area contributed by atoms with E-state index in [0.717, 1.165) is 19.3 Å². The number of rotatable bonds is 2. The largest absolute Gasteiger partial charge is 0.379 e. The molecule has 1 aliphatic heterocycles. The first-order chi connectivity index (χ1) is 23.7. The SMILES string of the molecule is CCC1=CC2=CC(=C1)C21OCCOCCOCCOCCOCCCOCCOCCOCCOCCOCC12c1cc(CC)cc2c1. The fourth-order valence-electron chi connectivity index (χ4n) is 6.71. The van der Waals surface area contributed by atoms with E-state index in [4.69, 9.17) is 47.4 Å². The van der Waals surface area contributed by atoms with Crippen LogP contribution in [0.15, 0.2) is 53.1 Å². The number of benzene rings is 1. The molecule has 1 atom stereocenters. The topological polar surface area (TPSA) is 92.3 Å². The van der Waals surface area contributed by atoms with Gasteiger partial charge in [0, 0.05) is 13.2 Å². The van der Waals surface area contributed by atoms with Crippen molar-refractivity contribution in [3.05, 3.63) is 69.8 Å². The molecule has 1 fully saturated rings. The normalized spacial score (nSPS) is 26.5. The van der Waals surface area contributed by atoms with E-state index in [-0.39, 0.29) is 0 Å². The molecule has 4 aliphatic carbocycles. The molecule has 4 bridgehead atoms. The van der Waals surface area contributed by atoms with Crippen molar-refractivity contribution in [2.75, 3.05) is 126 Å². The van der Waals surface area contributed by atoms with Crippen molar-refractivity contribution in [1.82, 2.24) is 0 Å². The maximum atomic E-state index is 6.96. The van der Waals surface area contributed by atoms with Crippen molar-refractivity contribution in [2.45, 2.75) is 38.7 Å². The lowest BCUT2D eigenvalue weighted by atomic mass is 9.47. The Morgan fingerprint density at radius 2 is 0.896 bits per heavy atom. The van der Waals surface area contributed by atoms with E-state index >= 15 is 0 Å². The molecule has 10 nitrogen and oxygen atoms in total. The minimum atomic E-state index is -0.611. The molecule has 0 aromatic heterocycles. The van der Waals surface area contributed by atoms with Gasteiger partial charge in [0.15, 0.2) is 0 Å². The Kier molecular flexibility index (Phi) is 15.6. The standard InChI is InChI=1S/C38H56O10/c1-3-31-24-33-28-34(25-31)37(33)30-47-21-20-45-17-16-43-14-12-41-10-8-39-6-5-7-40-9-11-42-13-15-44-18-19-46-22-23-48-38(37)35-26-32(4-2)27-36(38)29-35/h24-29H,3-23,30H2,1-2H3. The number of hydrogen-bond acceptors (Lipinski definition) is 10. The molecule has 48 heavy (non-hydrogen) atoms. The van der Waals surface area contributed by atoms with Gasteiger partial charge in [-0.3, -0.25) is 0 Å². The summed E-state index contributed by atoms with van der Waals surface area (Å²) in [6, 6.07) is 6.86. The lowest BCUT2D eigenvalue weighted by Crippen LogP contribution is -2.60. The zero-order valence-corrected chi connectivity index (χ0v) is 29.1. The van der Waals surface area contributed by atoms with E-state index in [9.17, 15) is 0 Å². The van der Waals surface area contributed by atoms with Gasteiger partial charge in [0.1, 0.15) is 5.60 Å². The smallest absolute Gasteiger partial charge is 0.134 e. The third-order valence-electron chi connectivity index (χ3n) is 9.25. The second-order valence-corrected chi connectivity index (χ2v) is 12.3. The highest BCUT2D eigenvalue weighted by atomic mass is 16.6. The Hall–Kier alpha value is -1.96. The highest BCUT2D eigenvalue weighted by molar-refractivity contribution is 5.70. The van der Waals surface area contributed by atoms with Crippen LogP contribution in [0.4, 0.5) is 0 Å². The van der Waals surface area contributed by atoms with Crippen molar-refractivity contribution < 1.29 is 47.4 Å². The maximum Gasteiger partial charge on any atom is 0.134 e. The van der Waals surface area contributed by atoms with Crippen LogP contribution < -0.4 is 0 Å². The summed E-state index contributed by atoms with van der Waals surface area (Å²) in [6.07, 6.45) is 9.75. The summed E-state index contributed by atoms with van der Waals surface area (Å²) in [6.45, 7) is 14.4. The Balaban J connectivity index is 1.17. The van der Waals surface area contributed by atoms with Crippen LogP contribution in [0.1, 0.15) is 43.4 Å². The first kappa shape index (κ1) is 37.3. The summed E-state index contributed by atoms with van der Waals surface area (Å²) in [5.41, 5.74) is 6.59. The second kappa shape index (κ2) is 20.0. The highest BCUT2D eigenvalue weighted by Gasteiger charge is 2.65. The van der Waals surface area contributed by atoms with Gasteiger partial charge in [0.25, 0.3) is 0 Å². The van der Waals surface area contributed by atoms with Crippen LogP contribution in [0.25, 0.3) is 0 Å². The number of ether oxygens (including phenoxy) is 10. The monoisotopic (exact) mass is 672 g/mol. The van der Waals surface area contributed by atoms with Crippen LogP contribution in [-0.2, 0) is 59.4 Å². The van der Waals surface area contributed by atoms with Gasteiger partial charge in [-0.15, -0.1) is 0 Å². The summed E-state index contributed by atoms with van der Waals surface area (Å²) in [7, 11) is 0. The van der Waals surface area contributed by atoms with Gasteiger partial charge >= 0.3 is 0 Å². The highest BCUT2D eigenvalue weighted by Crippen LogP contribution is 2.67. The fourth-order valence-corrected chi connectivity index (χ4v) is 6.71. The van der Waals surface area contributed by atoms with Gasteiger partial charge in [-0.1, -0.05) is 44.2 Å². The molecule has 0 radical (unpaired) electrons. The molecule has 1 saturated heterocycles. The van der Waals surface area contributed by atoms with Crippen LogP contribution in [-0.4, -0.2) is 126 Å². The third kappa shape index (κ3) is 9.23. The average molecular weight is 673 g/mol. The number of aryl methyl sites for hydroxylation is 1. The van der Waals surface area contributed by atoms with E-state index in [0.29, 0.717) is 126 Å². The van der Waals surface area contributed by atoms with E-state index in [1.165, 1.54) is 33.4 Å². The van der Waals surface area contributed by atoms with Gasteiger partial charge < -0.3 is 47.4 Å². The predicted octanol–water partition coefficient (Wildman–Crippen LogP) is 4.58. The summed E-state index contributed by atoms with van der Waals surface area (Å²) >= 11 is 0. The molecule has 1 unspecified atom stereocenters. The summed E-state index contributed by atoms with van der Waals surface area (Å²) < 4.78 is 58.9. The first-order valence-electron chi connectivity index (χ1n) is 17.9. The van der Waals surface area contributed by atoms with Gasteiger partial charge in [-0.25, -0.2) is 0 Å². The van der Waals surface area contributed by atoms with Gasteiger partial charge in [-0.2, -0.15) is 0 Å². The Labute approximate surface area is 286 Å². The zero-order chi connectivity index (χ0) is 33.3. The number of allylic oxidation sites excluding steroid dienone is 4. The van der Waals surface area contributed by atoms with E-state index < -0.39 is 11.0 Å². The summed E-state index contributed by atoms with van der Waals surface area (Å²) in [4.78, 5) is 0. The Bertz CT molecular complexity index is 1180.